The summed E-state index contributed by atoms with van der Waals surface area (Å²) in [4.78, 5) is 0. The molecule has 0 heterocycles. The summed E-state index contributed by atoms with van der Waals surface area (Å²) in [6, 6.07) is 0. The molecule has 3 nitrogen and oxygen atoms in total. The molecule has 0 unspecified atom stereocenters. The van der Waals surface area contributed by atoms with Gasteiger partial charge >= 0.3 is 0 Å². The molecular weight excluding hydrogens is 222 g/mol. The second-order valence-electron chi connectivity index (χ2n) is 5.05. The van der Waals surface area contributed by atoms with Gasteiger partial charge in [-0.3, -0.25) is 0 Å². The van der Waals surface area contributed by atoms with Crippen LogP contribution in [0, 0.1) is 0 Å². The summed E-state index contributed by atoms with van der Waals surface area (Å²) in [5, 5.41) is 3.30. The van der Waals surface area contributed by atoms with E-state index in [-0.39, 0.29) is 0 Å². The van der Waals surface area contributed by atoms with Gasteiger partial charge in [-0.15, -0.1) is 0 Å². The van der Waals surface area contributed by atoms with Gasteiger partial charge in [0.25, 0.3) is 0 Å². The van der Waals surface area contributed by atoms with Crippen LogP contribution in [0.1, 0.15) is 51.9 Å². The average Bonchev–Trinajstić information content (AvgIpc) is 2.43. The topological polar surface area (TPSA) is 46.2 Å². The zero-order chi connectivity index (χ0) is 12.1. The Morgan fingerprint density at radius 2 is 1.69 bits per heavy atom. The molecule has 0 aromatic heterocycles. The molecule has 0 aliphatic heterocycles. The molecule has 4 heteroatoms. The molecule has 0 spiro atoms. The van der Waals surface area contributed by atoms with Gasteiger partial charge in [0.2, 0.25) is 0 Å². The summed E-state index contributed by atoms with van der Waals surface area (Å²) in [5.41, 5.74) is 0. The van der Waals surface area contributed by atoms with Gasteiger partial charge in [0.1, 0.15) is 0 Å². The molecule has 96 valence electrons. The fourth-order valence-electron chi connectivity index (χ4n) is 2.54. The van der Waals surface area contributed by atoms with Crippen molar-refractivity contribution in [2.75, 3.05) is 19.3 Å². The van der Waals surface area contributed by atoms with Crippen molar-refractivity contribution >= 4 is 9.84 Å². The molecule has 1 saturated carbocycles. The van der Waals surface area contributed by atoms with E-state index in [2.05, 4.69) is 12.2 Å². The first kappa shape index (κ1) is 14.0. The number of hydrogen-bond acceptors (Lipinski definition) is 3. The van der Waals surface area contributed by atoms with E-state index in [1.165, 1.54) is 19.1 Å². The number of rotatable bonds is 5. The number of nitrogens with one attached hydrogen (secondary N) is 1. The molecule has 0 amide bonds. The maximum atomic E-state index is 12.0. The third-order valence-electron chi connectivity index (χ3n) is 3.68. The van der Waals surface area contributed by atoms with Crippen LogP contribution in [0.4, 0.5) is 0 Å². The van der Waals surface area contributed by atoms with Crippen LogP contribution in [0.3, 0.4) is 0 Å². The molecule has 1 N–H and O–H groups in total. The van der Waals surface area contributed by atoms with E-state index in [0.717, 1.165) is 38.6 Å². The fraction of sp³-hybridized carbons (Fsp3) is 1.00. The van der Waals surface area contributed by atoms with Gasteiger partial charge in [0.15, 0.2) is 9.84 Å². The van der Waals surface area contributed by atoms with Crippen molar-refractivity contribution in [1.29, 1.82) is 0 Å². The Morgan fingerprint density at radius 3 is 2.12 bits per heavy atom. The van der Waals surface area contributed by atoms with Crippen LogP contribution in [0.5, 0.6) is 0 Å². The lowest BCUT2D eigenvalue weighted by atomic mass is 9.99. The van der Waals surface area contributed by atoms with Crippen LogP contribution in [0.2, 0.25) is 0 Å². The van der Waals surface area contributed by atoms with Gasteiger partial charge < -0.3 is 5.32 Å². The van der Waals surface area contributed by atoms with E-state index >= 15 is 0 Å². The van der Waals surface area contributed by atoms with E-state index in [4.69, 9.17) is 0 Å². The second kappa shape index (κ2) is 6.01. The zero-order valence-corrected chi connectivity index (χ0v) is 11.4. The van der Waals surface area contributed by atoms with Crippen molar-refractivity contribution in [3.63, 3.8) is 0 Å². The summed E-state index contributed by atoms with van der Waals surface area (Å²) in [6.07, 6.45) is 8.62. The Morgan fingerprint density at radius 1 is 1.12 bits per heavy atom. The van der Waals surface area contributed by atoms with E-state index < -0.39 is 14.6 Å². The largest absolute Gasteiger partial charge is 0.315 e. The molecule has 0 aromatic rings. The summed E-state index contributed by atoms with van der Waals surface area (Å²) in [7, 11) is -2.95. The van der Waals surface area contributed by atoms with Gasteiger partial charge in [-0.25, -0.2) is 8.42 Å². The Hall–Kier alpha value is -0.0900. The Kier molecular flexibility index (Phi) is 5.25. The van der Waals surface area contributed by atoms with Crippen LogP contribution in [0.15, 0.2) is 0 Å². The average molecular weight is 247 g/mol. The van der Waals surface area contributed by atoms with E-state index in [9.17, 15) is 8.42 Å². The first-order chi connectivity index (χ1) is 7.52. The highest BCUT2D eigenvalue weighted by Crippen LogP contribution is 2.33. The first-order valence-corrected chi connectivity index (χ1v) is 8.31. The summed E-state index contributed by atoms with van der Waals surface area (Å²) < 4.78 is 23.5. The number of hydrogen-bond donors (Lipinski definition) is 1. The third kappa shape index (κ3) is 3.45. The Labute approximate surface area is 99.9 Å². The lowest BCUT2D eigenvalue weighted by Gasteiger charge is -2.31. The summed E-state index contributed by atoms with van der Waals surface area (Å²) in [6.45, 7) is 3.66. The van der Waals surface area contributed by atoms with E-state index in [1.54, 1.807) is 0 Å². The van der Waals surface area contributed by atoms with E-state index in [0.29, 0.717) is 6.54 Å². The summed E-state index contributed by atoms with van der Waals surface area (Å²) in [5.74, 6) is 0. The van der Waals surface area contributed by atoms with Gasteiger partial charge in [0, 0.05) is 12.8 Å². The minimum absolute atomic E-state index is 0.487. The molecule has 0 radical (unpaired) electrons. The lowest BCUT2D eigenvalue weighted by Crippen LogP contribution is -2.46. The Bertz CT molecular complexity index is 290. The molecule has 0 atom stereocenters. The Balaban J connectivity index is 2.74. The molecule has 0 saturated heterocycles. The van der Waals surface area contributed by atoms with Crippen molar-refractivity contribution < 1.29 is 8.42 Å². The predicted molar refractivity (Wildman–Crippen MR) is 68.4 cm³/mol. The van der Waals surface area contributed by atoms with Crippen LogP contribution >= 0.6 is 0 Å². The van der Waals surface area contributed by atoms with Gasteiger partial charge in [-0.1, -0.05) is 32.6 Å². The quantitative estimate of drug-likeness (QED) is 0.598. The second-order valence-corrected chi connectivity index (χ2v) is 7.46. The van der Waals surface area contributed by atoms with Gasteiger partial charge in [0.05, 0.1) is 4.75 Å². The first-order valence-electron chi connectivity index (χ1n) is 6.42. The van der Waals surface area contributed by atoms with Crippen molar-refractivity contribution in [2.45, 2.75) is 56.6 Å². The van der Waals surface area contributed by atoms with Crippen molar-refractivity contribution in [3.05, 3.63) is 0 Å². The smallest absolute Gasteiger partial charge is 0.154 e. The minimum atomic E-state index is -2.95. The monoisotopic (exact) mass is 247 g/mol. The maximum absolute atomic E-state index is 12.0. The SMILES string of the molecule is CCCNCC1(S(C)(=O)=O)CCCCCC1. The highest BCUT2D eigenvalue weighted by atomic mass is 32.2. The van der Waals surface area contributed by atoms with Crippen molar-refractivity contribution in [2.24, 2.45) is 0 Å². The highest BCUT2D eigenvalue weighted by molar-refractivity contribution is 7.92. The van der Waals surface area contributed by atoms with Crippen molar-refractivity contribution in [3.8, 4) is 0 Å². The zero-order valence-electron chi connectivity index (χ0n) is 10.6. The lowest BCUT2D eigenvalue weighted by molar-refractivity contribution is 0.433. The number of sulfone groups is 1. The standard InChI is InChI=1S/C12H25NO2S/c1-3-10-13-11-12(16(2,14)15)8-6-4-5-7-9-12/h13H,3-11H2,1-2H3. The predicted octanol–water partition coefficient (Wildman–Crippen LogP) is 2.12. The highest BCUT2D eigenvalue weighted by Gasteiger charge is 2.40. The van der Waals surface area contributed by atoms with Gasteiger partial charge in [-0.05, 0) is 25.8 Å². The molecular formula is C12H25NO2S. The normalized spacial score (nSPS) is 21.6. The molecule has 1 aliphatic carbocycles. The minimum Gasteiger partial charge on any atom is -0.315 e. The van der Waals surface area contributed by atoms with Gasteiger partial charge in [-0.2, -0.15) is 0 Å². The molecule has 16 heavy (non-hydrogen) atoms. The van der Waals surface area contributed by atoms with Crippen molar-refractivity contribution in [1.82, 2.24) is 5.32 Å². The molecule has 1 aliphatic rings. The molecule has 1 fully saturated rings. The fourth-order valence-corrected chi connectivity index (χ4v) is 3.94. The third-order valence-corrected chi connectivity index (χ3v) is 5.80. The molecule has 0 aromatic carbocycles. The van der Waals surface area contributed by atoms with E-state index in [1.807, 2.05) is 0 Å². The van der Waals surface area contributed by atoms with Crippen LogP contribution in [-0.2, 0) is 9.84 Å². The van der Waals surface area contributed by atoms with Crippen LogP contribution in [0.25, 0.3) is 0 Å². The maximum Gasteiger partial charge on any atom is 0.154 e. The van der Waals surface area contributed by atoms with Crippen LogP contribution in [-0.4, -0.2) is 32.5 Å². The van der Waals surface area contributed by atoms with Crippen LogP contribution < -0.4 is 5.32 Å². The summed E-state index contributed by atoms with van der Waals surface area (Å²) >= 11 is 0. The molecule has 1 rings (SSSR count). The molecule has 0 bridgehead atoms.